The summed E-state index contributed by atoms with van der Waals surface area (Å²) in [6.07, 6.45) is 4.11. The van der Waals surface area contributed by atoms with Gasteiger partial charge in [0.1, 0.15) is 0 Å². The van der Waals surface area contributed by atoms with Crippen LogP contribution in [0.1, 0.15) is 28.9 Å². The van der Waals surface area contributed by atoms with Crippen molar-refractivity contribution in [1.82, 2.24) is 4.98 Å². The Labute approximate surface area is 100 Å². The second kappa shape index (κ2) is 5.09. The molecule has 2 N–H and O–H groups in total. The van der Waals surface area contributed by atoms with Crippen LogP contribution in [0.2, 0.25) is 0 Å². The number of amides is 1. The van der Waals surface area contributed by atoms with E-state index in [4.69, 9.17) is 5.73 Å². The van der Waals surface area contributed by atoms with Gasteiger partial charge in [-0.2, -0.15) is 0 Å². The largest absolute Gasteiger partial charge is 0.366 e. The highest BCUT2D eigenvalue weighted by molar-refractivity contribution is 7.93. The van der Waals surface area contributed by atoms with Crippen LogP contribution in [0, 0.1) is 0 Å². The average Bonchev–Trinajstić information content (AvgIpc) is 2.25. The number of rotatable bonds is 4. The maximum Gasteiger partial charge on any atom is 0.250 e. The number of hydrogen-bond acceptors (Lipinski definition) is 4. The van der Waals surface area contributed by atoms with E-state index in [0.29, 0.717) is 11.3 Å². The van der Waals surface area contributed by atoms with Crippen LogP contribution in [0.5, 0.6) is 0 Å². The van der Waals surface area contributed by atoms with Crippen LogP contribution in [-0.4, -0.2) is 25.6 Å². The fourth-order valence-electron chi connectivity index (χ4n) is 1.34. The Hall–Kier alpha value is -1.69. The lowest BCUT2D eigenvalue weighted by molar-refractivity contribution is 0.0998. The Kier molecular flexibility index (Phi) is 4.01. The van der Waals surface area contributed by atoms with E-state index in [-0.39, 0.29) is 5.92 Å². The van der Waals surface area contributed by atoms with Crippen LogP contribution in [0.25, 0.3) is 0 Å². The Morgan fingerprint density at radius 2 is 2.18 bits per heavy atom. The van der Waals surface area contributed by atoms with E-state index < -0.39 is 15.7 Å². The zero-order valence-corrected chi connectivity index (χ0v) is 10.4. The van der Waals surface area contributed by atoms with Crippen molar-refractivity contribution in [2.75, 3.05) is 6.26 Å². The minimum Gasteiger partial charge on any atom is -0.366 e. The number of allylic oxidation sites excluding steroid dienone is 1. The lowest BCUT2D eigenvalue weighted by Gasteiger charge is -2.09. The molecule has 0 aliphatic heterocycles. The van der Waals surface area contributed by atoms with Crippen molar-refractivity contribution in [2.45, 2.75) is 12.8 Å². The summed E-state index contributed by atoms with van der Waals surface area (Å²) >= 11 is 0. The number of aromatic nitrogens is 1. The fourth-order valence-corrected chi connectivity index (χ4v) is 1.86. The Morgan fingerprint density at radius 1 is 1.53 bits per heavy atom. The second-order valence-corrected chi connectivity index (χ2v) is 5.68. The van der Waals surface area contributed by atoms with Crippen LogP contribution in [-0.2, 0) is 9.84 Å². The van der Waals surface area contributed by atoms with E-state index >= 15 is 0 Å². The van der Waals surface area contributed by atoms with Crippen molar-refractivity contribution in [3.63, 3.8) is 0 Å². The van der Waals surface area contributed by atoms with Crippen molar-refractivity contribution in [3.8, 4) is 0 Å². The molecule has 92 valence electrons. The predicted octanol–water partition coefficient (Wildman–Crippen LogP) is 0.842. The standard InChI is InChI=1S/C11H14N2O3S/c1-8(5-7-17(2,15)16)10-9(11(12)14)4-3-6-13-10/h3-8H,1-2H3,(H2,12,14)/b7-5+/t8-/m1/s1. The maximum absolute atomic E-state index is 11.2. The van der Waals surface area contributed by atoms with Gasteiger partial charge in [-0.05, 0) is 12.1 Å². The molecule has 1 aromatic heterocycles. The number of nitrogens with two attached hydrogens (primary N) is 1. The molecule has 0 fully saturated rings. The molecule has 0 saturated heterocycles. The molecule has 0 aromatic carbocycles. The van der Waals surface area contributed by atoms with E-state index in [0.717, 1.165) is 11.7 Å². The molecule has 1 aromatic rings. The molecule has 1 rings (SSSR count). The third kappa shape index (κ3) is 3.99. The van der Waals surface area contributed by atoms with E-state index in [1.54, 1.807) is 19.1 Å². The van der Waals surface area contributed by atoms with Gasteiger partial charge >= 0.3 is 0 Å². The van der Waals surface area contributed by atoms with Crippen LogP contribution < -0.4 is 5.73 Å². The van der Waals surface area contributed by atoms with Crippen LogP contribution in [0.15, 0.2) is 29.8 Å². The number of sulfone groups is 1. The molecular weight excluding hydrogens is 240 g/mol. The van der Waals surface area contributed by atoms with E-state index in [2.05, 4.69) is 4.98 Å². The summed E-state index contributed by atoms with van der Waals surface area (Å²) in [4.78, 5) is 15.2. The predicted molar refractivity (Wildman–Crippen MR) is 65.2 cm³/mol. The first kappa shape index (κ1) is 13.4. The first-order chi connectivity index (χ1) is 7.81. The van der Waals surface area contributed by atoms with Gasteiger partial charge in [0.15, 0.2) is 9.84 Å². The van der Waals surface area contributed by atoms with Crippen molar-refractivity contribution in [1.29, 1.82) is 0 Å². The molecule has 0 unspecified atom stereocenters. The highest BCUT2D eigenvalue weighted by atomic mass is 32.2. The molecule has 17 heavy (non-hydrogen) atoms. The lowest BCUT2D eigenvalue weighted by Crippen LogP contribution is -2.15. The summed E-state index contributed by atoms with van der Waals surface area (Å²) in [6, 6.07) is 3.17. The summed E-state index contributed by atoms with van der Waals surface area (Å²) in [5, 5.41) is 1.09. The Morgan fingerprint density at radius 3 is 2.71 bits per heavy atom. The second-order valence-electron chi connectivity index (χ2n) is 3.75. The minimum atomic E-state index is -3.18. The normalized spacial score (nSPS) is 13.8. The van der Waals surface area contributed by atoms with E-state index in [1.165, 1.54) is 12.3 Å². The SMILES string of the molecule is C[C@H](/C=C/S(C)(=O)=O)c1ncccc1C(N)=O. The first-order valence-electron chi connectivity index (χ1n) is 4.94. The Bertz CT molecular complexity index is 550. The molecule has 5 nitrogen and oxygen atoms in total. The minimum absolute atomic E-state index is 0.298. The van der Waals surface area contributed by atoms with Gasteiger partial charge in [0.05, 0.1) is 11.3 Å². The average molecular weight is 254 g/mol. The third-order valence-electron chi connectivity index (χ3n) is 2.15. The molecule has 0 radical (unpaired) electrons. The molecule has 0 saturated carbocycles. The summed E-state index contributed by atoms with van der Waals surface area (Å²) in [5.41, 5.74) is 5.99. The summed E-state index contributed by atoms with van der Waals surface area (Å²) in [5.74, 6) is -0.874. The maximum atomic E-state index is 11.2. The van der Waals surface area contributed by atoms with Gasteiger partial charge in [0, 0.05) is 23.8 Å². The topological polar surface area (TPSA) is 90.1 Å². The molecule has 6 heteroatoms. The van der Waals surface area contributed by atoms with Crippen molar-refractivity contribution >= 4 is 15.7 Å². The van der Waals surface area contributed by atoms with Crippen molar-refractivity contribution < 1.29 is 13.2 Å². The fraction of sp³-hybridized carbons (Fsp3) is 0.273. The number of pyridine rings is 1. The van der Waals surface area contributed by atoms with Gasteiger partial charge in [-0.1, -0.05) is 13.0 Å². The van der Waals surface area contributed by atoms with Gasteiger partial charge in [-0.3, -0.25) is 9.78 Å². The molecule has 1 atom stereocenters. The van der Waals surface area contributed by atoms with E-state index in [9.17, 15) is 13.2 Å². The molecule has 0 aliphatic rings. The van der Waals surface area contributed by atoms with Gasteiger partial charge in [0.25, 0.3) is 5.91 Å². The van der Waals surface area contributed by atoms with Crippen molar-refractivity contribution in [2.24, 2.45) is 5.73 Å². The lowest BCUT2D eigenvalue weighted by atomic mass is 10.0. The molecule has 0 spiro atoms. The number of hydrogen-bond donors (Lipinski definition) is 1. The number of primary amides is 1. The van der Waals surface area contributed by atoms with E-state index in [1.807, 2.05) is 0 Å². The Balaban J connectivity index is 3.09. The molecule has 1 amide bonds. The summed E-state index contributed by atoms with van der Waals surface area (Å²) < 4.78 is 22.0. The molecule has 1 heterocycles. The molecular formula is C11H14N2O3S. The van der Waals surface area contributed by atoms with Crippen molar-refractivity contribution in [3.05, 3.63) is 41.1 Å². The quantitative estimate of drug-likeness (QED) is 0.862. The van der Waals surface area contributed by atoms with Gasteiger partial charge in [-0.25, -0.2) is 8.42 Å². The molecule has 0 bridgehead atoms. The highest BCUT2D eigenvalue weighted by Gasteiger charge is 2.13. The van der Waals surface area contributed by atoms with Gasteiger partial charge in [-0.15, -0.1) is 0 Å². The number of nitrogens with zero attached hydrogens (tertiary/aromatic N) is 1. The van der Waals surface area contributed by atoms with Crippen LogP contribution in [0.3, 0.4) is 0 Å². The monoisotopic (exact) mass is 254 g/mol. The smallest absolute Gasteiger partial charge is 0.250 e. The zero-order chi connectivity index (χ0) is 13.1. The van der Waals surface area contributed by atoms with Crippen LogP contribution in [0.4, 0.5) is 0 Å². The summed E-state index contributed by atoms with van der Waals surface area (Å²) in [7, 11) is -3.18. The third-order valence-corrected chi connectivity index (χ3v) is 2.80. The highest BCUT2D eigenvalue weighted by Crippen LogP contribution is 2.18. The van der Waals surface area contributed by atoms with Gasteiger partial charge in [0.2, 0.25) is 0 Å². The molecule has 0 aliphatic carbocycles. The van der Waals surface area contributed by atoms with Crippen LogP contribution >= 0.6 is 0 Å². The first-order valence-corrected chi connectivity index (χ1v) is 6.89. The zero-order valence-electron chi connectivity index (χ0n) is 9.62. The number of carbonyl (C=O) groups excluding carboxylic acids is 1. The van der Waals surface area contributed by atoms with Gasteiger partial charge < -0.3 is 5.73 Å². The summed E-state index contributed by atoms with van der Waals surface area (Å²) in [6.45, 7) is 1.75. The number of carbonyl (C=O) groups is 1.